The van der Waals surface area contributed by atoms with Gasteiger partial charge in [-0.05, 0) is 55.5 Å². The van der Waals surface area contributed by atoms with E-state index in [2.05, 4.69) is 22.9 Å². The molecule has 1 aliphatic heterocycles. The van der Waals surface area contributed by atoms with Crippen LogP contribution in [0.5, 0.6) is 0 Å². The first-order valence-corrected chi connectivity index (χ1v) is 8.17. The van der Waals surface area contributed by atoms with Crippen molar-refractivity contribution in [1.29, 1.82) is 0 Å². The number of halogens is 1. The number of nitrogens with two attached hydrogens (primary N) is 1. The zero-order valence-corrected chi connectivity index (χ0v) is 14.8. The molecule has 1 saturated heterocycles. The number of anilines is 1. The largest absolute Gasteiger partial charge is 0.352 e. The fourth-order valence-electron chi connectivity index (χ4n) is 2.93. The van der Waals surface area contributed by atoms with Gasteiger partial charge >= 0.3 is 6.03 Å². The Kier molecular flexibility index (Phi) is 8.57. The van der Waals surface area contributed by atoms with E-state index in [0.29, 0.717) is 24.8 Å². The van der Waals surface area contributed by atoms with Crippen molar-refractivity contribution in [3.8, 4) is 0 Å². The molecule has 24 heavy (non-hydrogen) atoms. The van der Waals surface area contributed by atoms with Crippen LogP contribution < -0.4 is 21.7 Å². The summed E-state index contributed by atoms with van der Waals surface area (Å²) >= 11 is 0. The summed E-state index contributed by atoms with van der Waals surface area (Å²) in [5, 5.41) is 8.86. The van der Waals surface area contributed by atoms with Crippen LogP contribution in [-0.4, -0.2) is 25.0 Å². The quantitative estimate of drug-likeness (QED) is 0.630. The Morgan fingerprint density at radius 2 is 2.04 bits per heavy atom. The topological polar surface area (TPSA) is 96.2 Å². The molecule has 5 N–H and O–H groups in total. The lowest BCUT2D eigenvalue weighted by molar-refractivity contribution is -0.117. The van der Waals surface area contributed by atoms with E-state index in [4.69, 9.17) is 5.73 Å². The summed E-state index contributed by atoms with van der Waals surface area (Å²) in [6, 6.07) is 6.85. The van der Waals surface area contributed by atoms with Crippen LogP contribution >= 0.6 is 12.4 Å². The molecule has 1 aromatic carbocycles. The predicted octanol–water partition coefficient (Wildman–Crippen LogP) is 2.24. The van der Waals surface area contributed by atoms with Crippen molar-refractivity contribution in [3.63, 3.8) is 0 Å². The van der Waals surface area contributed by atoms with Crippen LogP contribution in [0.1, 0.15) is 31.7 Å². The van der Waals surface area contributed by atoms with Crippen LogP contribution in [0.4, 0.5) is 10.5 Å². The molecule has 0 aliphatic carbocycles. The first kappa shape index (κ1) is 20.3. The molecule has 0 spiro atoms. The van der Waals surface area contributed by atoms with Crippen LogP contribution in [0.15, 0.2) is 24.3 Å². The third kappa shape index (κ3) is 6.76. The lowest BCUT2D eigenvalue weighted by Gasteiger charge is -2.28. The lowest BCUT2D eigenvalue weighted by atomic mass is 9.85. The fourth-order valence-corrected chi connectivity index (χ4v) is 2.93. The number of benzene rings is 1. The number of carbonyl (C=O) groups excluding carboxylic acids is 2. The average molecular weight is 355 g/mol. The molecule has 2 unspecified atom stereocenters. The number of rotatable bonds is 6. The molecule has 1 heterocycles. The number of piperidine rings is 1. The SMILES string of the molecule is CC(CC(=O)Nc1ccc(CNC(N)=O)cc1)C1CCCNC1.Cl. The molecular weight excluding hydrogens is 328 g/mol. The van der Waals surface area contributed by atoms with Crippen LogP contribution in [0.3, 0.4) is 0 Å². The maximum Gasteiger partial charge on any atom is 0.312 e. The third-order valence-corrected chi connectivity index (χ3v) is 4.35. The summed E-state index contributed by atoms with van der Waals surface area (Å²) in [6.07, 6.45) is 2.93. The van der Waals surface area contributed by atoms with E-state index in [1.54, 1.807) is 0 Å². The second-order valence-electron chi connectivity index (χ2n) is 6.25. The Morgan fingerprint density at radius 1 is 1.33 bits per heavy atom. The van der Waals surface area contributed by atoms with Gasteiger partial charge in [-0.1, -0.05) is 19.1 Å². The second-order valence-corrected chi connectivity index (χ2v) is 6.25. The first-order chi connectivity index (χ1) is 11.0. The molecule has 0 bridgehead atoms. The van der Waals surface area contributed by atoms with Gasteiger partial charge in [0.2, 0.25) is 5.91 Å². The van der Waals surface area contributed by atoms with Gasteiger partial charge in [0, 0.05) is 18.7 Å². The van der Waals surface area contributed by atoms with Crippen molar-refractivity contribution in [1.82, 2.24) is 10.6 Å². The maximum atomic E-state index is 12.2. The molecule has 2 rings (SSSR count). The van der Waals surface area contributed by atoms with E-state index in [1.165, 1.54) is 12.8 Å². The summed E-state index contributed by atoms with van der Waals surface area (Å²) in [4.78, 5) is 22.8. The van der Waals surface area contributed by atoms with Gasteiger partial charge in [0.25, 0.3) is 0 Å². The monoisotopic (exact) mass is 354 g/mol. The molecule has 134 valence electrons. The number of hydrogen-bond donors (Lipinski definition) is 4. The molecule has 0 radical (unpaired) electrons. The van der Waals surface area contributed by atoms with Crippen molar-refractivity contribution < 1.29 is 9.59 Å². The van der Waals surface area contributed by atoms with Crippen LogP contribution in [-0.2, 0) is 11.3 Å². The van der Waals surface area contributed by atoms with Gasteiger partial charge in [-0.15, -0.1) is 12.4 Å². The minimum atomic E-state index is -0.548. The molecule has 6 nitrogen and oxygen atoms in total. The van der Waals surface area contributed by atoms with E-state index < -0.39 is 6.03 Å². The zero-order chi connectivity index (χ0) is 16.7. The molecule has 0 saturated carbocycles. The molecule has 7 heteroatoms. The smallest absolute Gasteiger partial charge is 0.312 e. The Morgan fingerprint density at radius 3 is 2.62 bits per heavy atom. The Labute approximate surface area is 149 Å². The number of urea groups is 1. The van der Waals surface area contributed by atoms with Gasteiger partial charge in [-0.2, -0.15) is 0 Å². The van der Waals surface area contributed by atoms with E-state index in [0.717, 1.165) is 24.3 Å². The Hall–Kier alpha value is -1.79. The Balaban J connectivity index is 0.00000288. The highest BCUT2D eigenvalue weighted by Gasteiger charge is 2.21. The van der Waals surface area contributed by atoms with Gasteiger partial charge in [-0.25, -0.2) is 4.79 Å². The molecule has 0 aromatic heterocycles. The highest BCUT2D eigenvalue weighted by Crippen LogP contribution is 2.23. The fraction of sp³-hybridized carbons (Fsp3) is 0.529. The van der Waals surface area contributed by atoms with Crippen molar-refractivity contribution in [2.24, 2.45) is 17.6 Å². The van der Waals surface area contributed by atoms with E-state index in [-0.39, 0.29) is 18.3 Å². The van der Waals surface area contributed by atoms with Gasteiger partial charge in [0.15, 0.2) is 0 Å². The minimum absolute atomic E-state index is 0. The van der Waals surface area contributed by atoms with Crippen molar-refractivity contribution >= 4 is 30.0 Å². The summed E-state index contributed by atoms with van der Waals surface area (Å²) in [5.74, 6) is 1.00. The van der Waals surface area contributed by atoms with Gasteiger partial charge in [0.05, 0.1) is 0 Å². The maximum absolute atomic E-state index is 12.2. The normalized spacial score (nSPS) is 18.1. The predicted molar refractivity (Wildman–Crippen MR) is 98.1 cm³/mol. The standard InChI is InChI=1S/C17H26N4O2.ClH/c1-12(14-3-2-8-19-11-14)9-16(22)21-15-6-4-13(5-7-15)10-20-17(18)23;/h4-7,12,14,19H,2-3,8-11H2,1H3,(H,21,22)(H3,18,20,23);1H. The van der Waals surface area contributed by atoms with Gasteiger partial charge in [-0.3, -0.25) is 4.79 Å². The number of hydrogen-bond acceptors (Lipinski definition) is 3. The molecule has 1 fully saturated rings. The second kappa shape index (κ2) is 10.2. The highest BCUT2D eigenvalue weighted by atomic mass is 35.5. The highest BCUT2D eigenvalue weighted by molar-refractivity contribution is 5.90. The number of carbonyl (C=O) groups is 2. The van der Waals surface area contributed by atoms with E-state index in [9.17, 15) is 9.59 Å². The van der Waals surface area contributed by atoms with Crippen molar-refractivity contribution in [3.05, 3.63) is 29.8 Å². The first-order valence-electron chi connectivity index (χ1n) is 8.17. The summed E-state index contributed by atoms with van der Waals surface area (Å²) in [7, 11) is 0. The molecule has 1 aromatic rings. The summed E-state index contributed by atoms with van der Waals surface area (Å²) < 4.78 is 0. The minimum Gasteiger partial charge on any atom is -0.352 e. The van der Waals surface area contributed by atoms with Crippen LogP contribution in [0.25, 0.3) is 0 Å². The van der Waals surface area contributed by atoms with Gasteiger partial charge in [0.1, 0.15) is 0 Å². The number of amides is 3. The summed E-state index contributed by atoms with van der Waals surface area (Å²) in [6.45, 7) is 4.63. The van der Waals surface area contributed by atoms with Crippen molar-refractivity contribution in [2.45, 2.75) is 32.7 Å². The zero-order valence-electron chi connectivity index (χ0n) is 14.0. The molecule has 1 aliphatic rings. The summed E-state index contributed by atoms with van der Waals surface area (Å²) in [5.41, 5.74) is 6.74. The molecule has 3 amide bonds. The number of primary amides is 1. The molecular formula is C17H27ClN4O2. The van der Waals surface area contributed by atoms with Crippen molar-refractivity contribution in [2.75, 3.05) is 18.4 Å². The van der Waals surface area contributed by atoms with Crippen LogP contribution in [0.2, 0.25) is 0 Å². The Bertz CT molecular complexity index is 530. The van der Waals surface area contributed by atoms with E-state index >= 15 is 0 Å². The third-order valence-electron chi connectivity index (χ3n) is 4.35. The number of nitrogens with one attached hydrogen (secondary N) is 3. The average Bonchev–Trinajstić information content (AvgIpc) is 2.55. The molecule has 2 atom stereocenters. The lowest BCUT2D eigenvalue weighted by Crippen LogP contribution is -2.34. The van der Waals surface area contributed by atoms with Gasteiger partial charge < -0.3 is 21.7 Å². The van der Waals surface area contributed by atoms with E-state index in [1.807, 2.05) is 24.3 Å². The van der Waals surface area contributed by atoms with Crippen LogP contribution in [0, 0.1) is 11.8 Å².